The van der Waals surface area contributed by atoms with Crippen LogP contribution in [-0.4, -0.2) is 27.9 Å². The van der Waals surface area contributed by atoms with E-state index in [0.29, 0.717) is 18.4 Å². The van der Waals surface area contributed by atoms with E-state index in [1.54, 1.807) is 12.1 Å². The molecule has 0 aliphatic heterocycles. The monoisotopic (exact) mass is 343 g/mol. The summed E-state index contributed by atoms with van der Waals surface area (Å²) in [5.41, 5.74) is 5.66. The summed E-state index contributed by atoms with van der Waals surface area (Å²) in [6, 6.07) is 10.9. The van der Waals surface area contributed by atoms with Gasteiger partial charge in [-0.2, -0.15) is 0 Å². The van der Waals surface area contributed by atoms with Crippen molar-refractivity contribution in [2.45, 2.75) is 38.5 Å². The van der Waals surface area contributed by atoms with E-state index < -0.39 is 11.9 Å². The molecule has 0 saturated heterocycles. The number of hydrazine groups is 1. The number of carboxylic acid groups (broad SMARTS) is 1. The van der Waals surface area contributed by atoms with Crippen LogP contribution in [0.1, 0.15) is 49.0 Å². The van der Waals surface area contributed by atoms with Gasteiger partial charge in [0, 0.05) is 18.2 Å². The molecule has 2 amide bonds. The molecule has 1 aromatic carbocycles. The predicted octanol–water partition coefficient (Wildman–Crippen LogP) is 2.42. The first kappa shape index (κ1) is 18.4. The lowest BCUT2D eigenvalue weighted by Gasteiger charge is -2.07. The summed E-state index contributed by atoms with van der Waals surface area (Å²) in [6.07, 6.45) is 3.24. The van der Waals surface area contributed by atoms with Gasteiger partial charge in [-0.15, -0.1) is 0 Å². The maximum absolute atomic E-state index is 12.0. The van der Waals surface area contributed by atoms with Gasteiger partial charge in [-0.25, -0.2) is 4.98 Å². The van der Waals surface area contributed by atoms with Gasteiger partial charge in [-0.1, -0.05) is 37.1 Å². The Balaban J connectivity index is 1.69. The fourth-order valence-corrected chi connectivity index (χ4v) is 2.36. The molecule has 0 saturated carbocycles. The average Bonchev–Trinajstić information content (AvgIpc) is 2.61. The third-order valence-corrected chi connectivity index (χ3v) is 3.69. The number of rotatable bonds is 8. The number of carbonyl (C=O) groups excluding carboxylic acids is 2. The molecule has 132 valence electrons. The first-order valence-electron chi connectivity index (χ1n) is 8.23. The maximum Gasteiger partial charge on any atom is 0.303 e. The van der Waals surface area contributed by atoms with Crippen molar-refractivity contribution in [1.82, 2.24) is 15.8 Å². The van der Waals surface area contributed by atoms with E-state index in [2.05, 4.69) is 15.8 Å². The molecule has 7 heteroatoms. The van der Waals surface area contributed by atoms with Crippen LogP contribution in [-0.2, 0) is 9.59 Å². The fourth-order valence-electron chi connectivity index (χ4n) is 2.36. The highest BCUT2D eigenvalue weighted by molar-refractivity contribution is 5.95. The van der Waals surface area contributed by atoms with Crippen molar-refractivity contribution in [3.63, 3.8) is 0 Å². The van der Waals surface area contributed by atoms with E-state index in [4.69, 9.17) is 5.11 Å². The normalized spacial score (nSPS) is 10.4. The first-order valence-corrected chi connectivity index (χ1v) is 8.23. The van der Waals surface area contributed by atoms with Crippen molar-refractivity contribution in [2.24, 2.45) is 0 Å². The van der Waals surface area contributed by atoms with Crippen LogP contribution < -0.4 is 10.9 Å². The molecule has 1 aromatic heterocycles. The minimum atomic E-state index is -0.803. The number of unbranched alkanes of at least 4 members (excludes halogenated alkanes) is 3. The molecule has 0 fully saturated rings. The van der Waals surface area contributed by atoms with Crippen LogP contribution in [0.3, 0.4) is 0 Å². The summed E-state index contributed by atoms with van der Waals surface area (Å²) in [4.78, 5) is 38.3. The van der Waals surface area contributed by atoms with E-state index in [-0.39, 0.29) is 24.4 Å². The quantitative estimate of drug-likeness (QED) is 0.504. The molecule has 0 atom stereocenters. The lowest BCUT2D eigenvalue weighted by molar-refractivity contribution is -0.137. The Kier molecular flexibility index (Phi) is 6.88. The van der Waals surface area contributed by atoms with Crippen LogP contribution in [0.5, 0.6) is 0 Å². The number of fused-ring (bicyclic) bond motifs is 1. The van der Waals surface area contributed by atoms with Crippen molar-refractivity contribution in [3.05, 3.63) is 42.1 Å². The summed E-state index contributed by atoms with van der Waals surface area (Å²) in [7, 11) is 0. The number of hydrogen-bond acceptors (Lipinski definition) is 4. The molecule has 0 spiro atoms. The molecule has 0 radical (unpaired) electrons. The highest BCUT2D eigenvalue weighted by Crippen LogP contribution is 2.11. The molecule has 7 nitrogen and oxygen atoms in total. The number of nitrogens with zero attached hydrogens (tertiary/aromatic N) is 1. The summed E-state index contributed by atoms with van der Waals surface area (Å²) in [6.45, 7) is 0. The Morgan fingerprint density at radius 1 is 0.880 bits per heavy atom. The van der Waals surface area contributed by atoms with Gasteiger partial charge in [-0.05, 0) is 25.0 Å². The number of aliphatic carboxylic acids is 1. The van der Waals surface area contributed by atoms with E-state index in [1.807, 2.05) is 24.3 Å². The number of carbonyl (C=O) groups is 3. The summed E-state index contributed by atoms with van der Waals surface area (Å²) in [5.74, 6) is -1.56. The maximum atomic E-state index is 12.0. The number of carboxylic acids is 1. The Labute approximate surface area is 145 Å². The molecular formula is C18H21N3O4. The van der Waals surface area contributed by atoms with Crippen LogP contribution in [0.15, 0.2) is 36.4 Å². The van der Waals surface area contributed by atoms with E-state index >= 15 is 0 Å². The predicted molar refractivity (Wildman–Crippen MR) is 92.7 cm³/mol. The summed E-state index contributed by atoms with van der Waals surface area (Å²) in [5, 5.41) is 9.46. The molecule has 0 bridgehead atoms. The summed E-state index contributed by atoms with van der Waals surface area (Å²) >= 11 is 0. The Hall–Kier alpha value is -2.96. The Morgan fingerprint density at radius 2 is 1.60 bits per heavy atom. The van der Waals surface area contributed by atoms with Crippen LogP contribution in [0.25, 0.3) is 10.9 Å². The fraction of sp³-hybridized carbons (Fsp3) is 0.333. The summed E-state index contributed by atoms with van der Waals surface area (Å²) < 4.78 is 0. The van der Waals surface area contributed by atoms with Crippen molar-refractivity contribution in [2.75, 3.05) is 0 Å². The van der Waals surface area contributed by atoms with Gasteiger partial charge in [-0.3, -0.25) is 25.2 Å². The first-order chi connectivity index (χ1) is 12.1. The van der Waals surface area contributed by atoms with E-state index in [1.165, 1.54) is 0 Å². The average molecular weight is 343 g/mol. The molecule has 0 aliphatic rings. The Morgan fingerprint density at radius 3 is 2.36 bits per heavy atom. The van der Waals surface area contributed by atoms with E-state index in [9.17, 15) is 14.4 Å². The molecule has 0 unspecified atom stereocenters. The van der Waals surface area contributed by atoms with Crippen molar-refractivity contribution in [1.29, 1.82) is 0 Å². The van der Waals surface area contributed by atoms with Gasteiger partial charge in [0.15, 0.2) is 0 Å². The van der Waals surface area contributed by atoms with Gasteiger partial charge >= 0.3 is 5.97 Å². The second-order valence-electron chi connectivity index (χ2n) is 5.70. The molecule has 2 aromatic rings. The van der Waals surface area contributed by atoms with Gasteiger partial charge < -0.3 is 5.11 Å². The van der Waals surface area contributed by atoms with Crippen LogP contribution in [0.4, 0.5) is 0 Å². The molecule has 25 heavy (non-hydrogen) atoms. The molecule has 1 heterocycles. The number of benzene rings is 1. The minimum absolute atomic E-state index is 0.154. The lowest BCUT2D eigenvalue weighted by Crippen LogP contribution is -2.41. The van der Waals surface area contributed by atoms with Crippen molar-refractivity contribution < 1.29 is 19.5 Å². The largest absolute Gasteiger partial charge is 0.481 e. The zero-order valence-corrected chi connectivity index (χ0v) is 13.8. The van der Waals surface area contributed by atoms with Gasteiger partial charge in [0.05, 0.1) is 5.52 Å². The number of aromatic nitrogens is 1. The van der Waals surface area contributed by atoms with Crippen molar-refractivity contribution in [3.8, 4) is 0 Å². The topological polar surface area (TPSA) is 108 Å². The lowest BCUT2D eigenvalue weighted by atomic mass is 10.1. The van der Waals surface area contributed by atoms with Gasteiger partial charge in [0.1, 0.15) is 5.69 Å². The van der Waals surface area contributed by atoms with Crippen LogP contribution in [0.2, 0.25) is 0 Å². The van der Waals surface area contributed by atoms with Crippen LogP contribution >= 0.6 is 0 Å². The number of hydrogen-bond donors (Lipinski definition) is 3. The molecule has 3 N–H and O–H groups in total. The highest BCUT2D eigenvalue weighted by Gasteiger charge is 2.09. The van der Waals surface area contributed by atoms with Gasteiger partial charge in [0.2, 0.25) is 5.91 Å². The SMILES string of the molecule is O=C(O)CCCCCCC(=O)NNC(=O)c1ccc2ccccc2n1. The minimum Gasteiger partial charge on any atom is -0.481 e. The van der Waals surface area contributed by atoms with Crippen LogP contribution in [0, 0.1) is 0 Å². The standard InChI is InChI=1S/C18H21N3O4/c22-16(9-3-1-2-4-10-17(23)24)20-21-18(25)15-12-11-13-7-5-6-8-14(13)19-15/h5-8,11-12H,1-4,9-10H2,(H,20,22)(H,21,25)(H,23,24). The van der Waals surface area contributed by atoms with E-state index in [0.717, 1.165) is 18.2 Å². The zero-order chi connectivity index (χ0) is 18.1. The highest BCUT2D eigenvalue weighted by atomic mass is 16.4. The Bertz CT molecular complexity index is 761. The van der Waals surface area contributed by atoms with Gasteiger partial charge in [0.25, 0.3) is 5.91 Å². The molecule has 2 rings (SSSR count). The zero-order valence-electron chi connectivity index (χ0n) is 13.8. The smallest absolute Gasteiger partial charge is 0.303 e. The number of para-hydroxylation sites is 1. The number of pyridine rings is 1. The number of nitrogens with one attached hydrogen (secondary N) is 2. The van der Waals surface area contributed by atoms with Crippen molar-refractivity contribution >= 4 is 28.7 Å². The number of amides is 2. The third kappa shape index (κ3) is 6.21. The second-order valence-corrected chi connectivity index (χ2v) is 5.70. The second kappa shape index (κ2) is 9.36. The molecular weight excluding hydrogens is 322 g/mol. The third-order valence-electron chi connectivity index (χ3n) is 3.69. The molecule has 0 aliphatic carbocycles.